The first-order valence-corrected chi connectivity index (χ1v) is 9.04. The zero-order valence-electron chi connectivity index (χ0n) is 14.8. The average Bonchev–Trinajstić information content (AvgIpc) is 3.14. The van der Waals surface area contributed by atoms with Crippen molar-refractivity contribution in [3.05, 3.63) is 60.2 Å². The van der Waals surface area contributed by atoms with Crippen molar-refractivity contribution in [2.24, 2.45) is 5.73 Å². The number of ether oxygens (including phenoxy) is 1. The predicted molar refractivity (Wildman–Crippen MR) is 99.8 cm³/mol. The van der Waals surface area contributed by atoms with E-state index in [0.717, 1.165) is 36.3 Å². The van der Waals surface area contributed by atoms with Crippen LogP contribution in [0.5, 0.6) is 11.5 Å². The Morgan fingerprint density at radius 1 is 1.04 bits per heavy atom. The Labute approximate surface area is 153 Å². The quantitative estimate of drug-likeness (QED) is 0.831. The van der Waals surface area contributed by atoms with E-state index >= 15 is 0 Å². The normalized spacial score (nSPS) is 16.5. The first-order valence-electron chi connectivity index (χ1n) is 9.04. The van der Waals surface area contributed by atoms with Gasteiger partial charge in [-0.3, -0.25) is 9.59 Å². The molecule has 0 bridgehead atoms. The number of rotatable bonds is 7. The Morgan fingerprint density at radius 3 is 2.42 bits per heavy atom. The number of hydrogen-bond donors (Lipinski definition) is 1. The van der Waals surface area contributed by atoms with Crippen LogP contribution in [0, 0.1) is 0 Å². The van der Waals surface area contributed by atoms with E-state index in [1.807, 2.05) is 54.6 Å². The number of benzene rings is 2. The number of amides is 2. The van der Waals surface area contributed by atoms with Crippen LogP contribution >= 0.6 is 0 Å². The third kappa shape index (κ3) is 4.63. The van der Waals surface area contributed by atoms with Gasteiger partial charge in [0.1, 0.15) is 17.5 Å². The SMILES string of the molecule is NC(=O)C1CCCN1C(=O)CCCc1ccc(Oc2ccccc2)cc1. The topological polar surface area (TPSA) is 72.6 Å². The molecule has 26 heavy (non-hydrogen) atoms. The van der Waals surface area contributed by atoms with Gasteiger partial charge in [-0.1, -0.05) is 30.3 Å². The maximum absolute atomic E-state index is 12.3. The van der Waals surface area contributed by atoms with Gasteiger partial charge in [0.25, 0.3) is 0 Å². The molecule has 5 heteroatoms. The zero-order valence-corrected chi connectivity index (χ0v) is 14.8. The minimum absolute atomic E-state index is 0.0235. The van der Waals surface area contributed by atoms with Crippen molar-refractivity contribution in [1.82, 2.24) is 4.90 Å². The molecular weight excluding hydrogens is 328 g/mol. The second-order valence-corrected chi connectivity index (χ2v) is 6.56. The molecule has 1 atom stereocenters. The monoisotopic (exact) mass is 352 g/mol. The number of likely N-dealkylation sites (tertiary alicyclic amines) is 1. The lowest BCUT2D eigenvalue weighted by Crippen LogP contribution is -2.43. The third-order valence-corrected chi connectivity index (χ3v) is 4.66. The van der Waals surface area contributed by atoms with Gasteiger partial charge in [-0.15, -0.1) is 0 Å². The molecular formula is C21H24N2O3. The molecule has 0 aromatic heterocycles. The van der Waals surface area contributed by atoms with Crippen molar-refractivity contribution in [3.63, 3.8) is 0 Å². The van der Waals surface area contributed by atoms with E-state index in [-0.39, 0.29) is 5.91 Å². The number of nitrogens with two attached hydrogens (primary N) is 1. The van der Waals surface area contributed by atoms with Gasteiger partial charge in [-0.05, 0) is 55.5 Å². The summed E-state index contributed by atoms with van der Waals surface area (Å²) >= 11 is 0. The minimum atomic E-state index is -0.420. The highest BCUT2D eigenvalue weighted by Crippen LogP contribution is 2.22. The summed E-state index contributed by atoms with van der Waals surface area (Å²) in [5, 5.41) is 0. The summed E-state index contributed by atoms with van der Waals surface area (Å²) < 4.78 is 5.77. The van der Waals surface area contributed by atoms with Gasteiger partial charge in [0.2, 0.25) is 11.8 Å². The van der Waals surface area contributed by atoms with Crippen molar-refractivity contribution < 1.29 is 14.3 Å². The van der Waals surface area contributed by atoms with Crippen molar-refractivity contribution in [2.75, 3.05) is 6.54 Å². The molecule has 136 valence electrons. The van der Waals surface area contributed by atoms with Gasteiger partial charge in [-0.2, -0.15) is 0 Å². The molecule has 2 aromatic carbocycles. The number of carbonyl (C=O) groups is 2. The third-order valence-electron chi connectivity index (χ3n) is 4.66. The van der Waals surface area contributed by atoms with E-state index < -0.39 is 11.9 Å². The molecule has 0 aliphatic carbocycles. The summed E-state index contributed by atoms with van der Waals surface area (Å²) in [4.78, 5) is 25.3. The van der Waals surface area contributed by atoms with Gasteiger partial charge in [0, 0.05) is 13.0 Å². The van der Waals surface area contributed by atoms with Gasteiger partial charge >= 0.3 is 0 Å². The smallest absolute Gasteiger partial charge is 0.240 e. The lowest BCUT2D eigenvalue weighted by molar-refractivity contribution is -0.137. The zero-order chi connectivity index (χ0) is 18.4. The fraction of sp³-hybridized carbons (Fsp3) is 0.333. The second kappa shape index (κ2) is 8.52. The highest BCUT2D eigenvalue weighted by Gasteiger charge is 2.31. The second-order valence-electron chi connectivity index (χ2n) is 6.56. The van der Waals surface area contributed by atoms with E-state index in [1.54, 1.807) is 4.90 Å². The molecule has 0 saturated carbocycles. The molecule has 1 fully saturated rings. The summed E-state index contributed by atoms with van der Waals surface area (Å²) in [6, 6.07) is 17.1. The van der Waals surface area contributed by atoms with Crippen LogP contribution in [0.15, 0.2) is 54.6 Å². The maximum atomic E-state index is 12.3. The van der Waals surface area contributed by atoms with Crippen molar-refractivity contribution in [2.45, 2.75) is 38.1 Å². The standard InChI is InChI=1S/C21H24N2O3/c22-21(25)19-9-5-15-23(19)20(24)10-4-6-16-11-13-18(14-12-16)26-17-7-2-1-3-8-17/h1-3,7-8,11-14,19H,4-6,9-10,15H2,(H2,22,25). The lowest BCUT2D eigenvalue weighted by Gasteiger charge is -2.22. The fourth-order valence-corrected chi connectivity index (χ4v) is 3.30. The van der Waals surface area contributed by atoms with Gasteiger partial charge in [-0.25, -0.2) is 0 Å². The molecule has 1 saturated heterocycles. The molecule has 5 nitrogen and oxygen atoms in total. The molecule has 3 rings (SSSR count). The molecule has 0 radical (unpaired) electrons. The minimum Gasteiger partial charge on any atom is -0.457 e. The Hall–Kier alpha value is -2.82. The average molecular weight is 352 g/mol. The molecule has 2 aromatic rings. The summed E-state index contributed by atoms with van der Waals surface area (Å²) in [7, 11) is 0. The number of hydrogen-bond acceptors (Lipinski definition) is 3. The van der Waals surface area contributed by atoms with E-state index in [9.17, 15) is 9.59 Å². The van der Waals surface area contributed by atoms with Gasteiger partial charge < -0.3 is 15.4 Å². The van der Waals surface area contributed by atoms with E-state index in [1.165, 1.54) is 0 Å². The number of primary amides is 1. The summed E-state index contributed by atoms with van der Waals surface area (Å²) in [5.74, 6) is 1.22. The summed E-state index contributed by atoms with van der Waals surface area (Å²) in [6.45, 7) is 0.637. The van der Waals surface area contributed by atoms with Crippen LogP contribution in [-0.2, 0) is 16.0 Å². The summed E-state index contributed by atoms with van der Waals surface area (Å²) in [5.41, 5.74) is 6.53. The Bertz CT molecular complexity index is 744. The van der Waals surface area contributed by atoms with Crippen LogP contribution in [0.2, 0.25) is 0 Å². The van der Waals surface area contributed by atoms with Gasteiger partial charge in [0.15, 0.2) is 0 Å². The largest absolute Gasteiger partial charge is 0.457 e. The molecule has 0 spiro atoms. The number of carbonyl (C=O) groups excluding carboxylic acids is 2. The fourth-order valence-electron chi connectivity index (χ4n) is 3.30. The molecule has 2 amide bonds. The molecule has 1 unspecified atom stereocenters. The van der Waals surface area contributed by atoms with Crippen LogP contribution in [0.3, 0.4) is 0 Å². The van der Waals surface area contributed by atoms with E-state index in [2.05, 4.69) is 0 Å². The summed E-state index contributed by atoms with van der Waals surface area (Å²) in [6.07, 6.45) is 3.53. The van der Waals surface area contributed by atoms with Crippen molar-refractivity contribution >= 4 is 11.8 Å². The van der Waals surface area contributed by atoms with Crippen LogP contribution in [0.25, 0.3) is 0 Å². The predicted octanol–water partition coefficient (Wildman–Crippen LogP) is 3.28. The Morgan fingerprint density at radius 2 is 1.73 bits per heavy atom. The van der Waals surface area contributed by atoms with Crippen LogP contribution in [0.4, 0.5) is 0 Å². The lowest BCUT2D eigenvalue weighted by atomic mass is 10.1. The number of nitrogens with zero attached hydrogens (tertiary/aromatic N) is 1. The molecule has 1 aliphatic rings. The van der Waals surface area contributed by atoms with Gasteiger partial charge in [0.05, 0.1) is 0 Å². The molecule has 1 heterocycles. The Balaban J connectivity index is 1.46. The first-order chi connectivity index (χ1) is 12.6. The number of aryl methyl sites for hydroxylation is 1. The maximum Gasteiger partial charge on any atom is 0.240 e. The highest BCUT2D eigenvalue weighted by atomic mass is 16.5. The van der Waals surface area contributed by atoms with E-state index in [4.69, 9.17) is 10.5 Å². The van der Waals surface area contributed by atoms with Crippen LogP contribution < -0.4 is 10.5 Å². The molecule has 2 N–H and O–H groups in total. The number of para-hydroxylation sites is 1. The first kappa shape index (κ1) is 18.0. The van der Waals surface area contributed by atoms with E-state index in [0.29, 0.717) is 19.4 Å². The molecule has 1 aliphatic heterocycles. The van der Waals surface area contributed by atoms with Crippen LogP contribution in [-0.4, -0.2) is 29.3 Å². The highest BCUT2D eigenvalue weighted by molar-refractivity contribution is 5.87. The van der Waals surface area contributed by atoms with Crippen molar-refractivity contribution in [1.29, 1.82) is 0 Å². The Kier molecular flexibility index (Phi) is 5.89. The van der Waals surface area contributed by atoms with Crippen molar-refractivity contribution in [3.8, 4) is 11.5 Å². The van der Waals surface area contributed by atoms with Crippen LogP contribution in [0.1, 0.15) is 31.2 Å².